The summed E-state index contributed by atoms with van der Waals surface area (Å²) < 4.78 is 5.53. The molecule has 5 nitrogen and oxygen atoms in total. The van der Waals surface area contributed by atoms with Crippen molar-refractivity contribution in [1.82, 2.24) is 9.97 Å². The molecule has 5 heteroatoms. The van der Waals surface area contributed by atoms with Crippen molar-refractivity contribution in [1.29, 1.82) is 0 Å². The van der Waals surface area contributed by atoms with Crippen molar-refractivity contribution in [3.63, 3.8) is 0 Å². The highest BCUT2D eigenvalue weighted by molar-refractivity contribution is 5.31. The molecule has 0 saturated carbocycles. The summed E-state index contributed by atoms with van der Waals surface area (Å²) in [6.45, 7) is 7.85. The molecule has 0 fully saturated rings. The van der Waals surface area contributed by atoms with Crippen LogP contribution in [0.3, 0.4) is 0 Å². The van der Waals surface area contributed by atoms with Crippen molar-refractivity contribution in [2.75, 3.05) is 11.9 Å². The maximum Gasteiger partial charge on any atom is 0.226 e. The largest absolute Gasteiger partial charge is 0.475 e. The molecule has 1 rings (SSSR count). The molecule has 2 N–H and O–H groups in total. The van der Waals surface area contributed by atoms with Crippen LogP contribution in [0, 0.1) is 6.92 Å². The van der Waals surface area contributed by atoms with Gasteiger partial charge in [0, 0.05) is 11.8 Å². The Morgan fingerprint density at radius 1 is 1.41 bits per heavy atom. The molecule has 1 aromatic rings. The topological polar surface area (TPSA) is 67.3 Å². The van der Waals surface area contributed by atoms with Gasteiger partial charge in [-0.3, -0.25) is 0 Å². The maximum absolute atomic E-state index is 9.12. The average molecular weight is 239 g/mol. The summed E-state index contributed by atoms with van der Waals surface area (Å²) in [5.41, 5.74) is 0.839. The Labute approximate surface area is 102 Å². The number of hydrogen-bond acceptors (Lipinski definition) is 5. The molecule has 96 valence electrons. The van der Waals surface area contributed by atoms with Gasteiger partial charge in [-0.2, -0.15) is 4.98 Å². The molecular weight excluding hydrogens is 218 g/mol. The Bertz CT molecular complexity index is 352. The van der Waals surface area contributed by atoms with Crippen LogP contribution in [-0.2, 0) is 0 Å². The van der Waals surface area contributed by atoms with Crippen LogP contribution in [-0.4, -0.2) is 33.8 Å². The van der Waals surface area contributed by atoms with Gasteiger partial charge in [-0.1, -0.05) is 6.92 Å². The number of hydrogen-bond donors (Lipinski definition) is 2. The van der Waals surface area contributed by atoms with E-state index in [0.717, 1.165) is 12.1 Å². The lowest BCUT2D eigenvalue weighted by Gasteiger charge is -2.15. The van der Waals surface area contributed by atoms with Crippen LogP contribution in [0.5, 0.6) is 5.88 Å². The minimum absolute atomic E-state index is 0.0244. The van der Waals surface area contributed by atoms with E-state index in [0.29, 0.717) is 11.8 Å². The minimum Gasteiger partial charge on any atom is -0.475 e. The van der Waals surface area contributed by atoms with Crippen molar-refractivity contribution < 1.29 is 9.84 Å². The number of aryl methyl sites for hydroxylation is 1. The fourth-order valence-corrected chi connectivity index (χ4v) is 1.37. The highest BCUT2D eigenvalue weighted by Crippen LogP contribution is 2.14. The summed E-state index contributed by atoms with van der Waals surface area (Å²) >= 11 is 0. The second-order valence-corrected chi connectivity index (χ2v) is 4.27. The third-order valence-electron chi connectivity index (χ3n) is 2.23. The van der Waals surface area contributed by atoms with E-state index in [1.165, 1.54) is 0 Å². The van der Waals surface area contributed by atoms with E-state index in [9.17, 15) is 0 Å². The number of nitrogens with zero attached hydrogens (tertiary/aromatic N) is 2. The van der Waals surface area contributed by atoms with Gasteiger partial charge in [0.05, 0.1) is 18.8 Å². The summed E-state index contributed by atoms with van der Waals surface area (Å²) in [6.07, 6.45) is 0.894. The second-order valence-electron chi connectivity index (χ2n) is 4.27. The molecule has 0 aromatic carbocycles. The molecule has 17 heavy (non-hydrogen) atoms. The van der Waals surface area contributed by atoms with E-state index in [1.54, 1.807) is 6.07 Å². The number of nitrogens with one attached hydrogen (secondary N) is 1. The van der Waals surface area contributed by atoms with E-state index in [-0.39, 0.29) is 18.8 Å². The number of aliphatic hydroxyl groups excluding tert-OH is 1. The summed E-state index contributed by atoms with van der Waals surface area (Å²) in [6, 6.07) is 1.77. The molecule has 0 aliphatic rings. The lowest BCUT2D eigenvalue weighted by molar-refractivity contribution is 0.232. The number of rotatable bonds is 6. The number of aliphatic hydroxyl groups is 1. The molecule has 0 spiro atoms. The Kier molecular flexibility index (Phi) is 5.15. The first-order chi connectivity index (χ1) is 8.05. The predicted octanol–water partition coefficient (Wildman–Crippen LogP) is 1.76. The molecule has 0 radical (unpaired) electrons. The molecule has 0 amide bonds. The molecule has 1 aromatic heterocycles. The van der Waals surface area contributed by atoms with Gasteiger partial charge in [0.1, 0.15) is 0 Å². The lowest BCUT2D eigenvalue weighted by atomic mass is 10.2. The quantitative estimate of drug-likeness (QED) is 0.791. The van der Waals surface area contributed by atoms with Gasteiger partial charge >= 0.3 is 0 Å². The molecule has 0 bridgehead atoms. The van der Waals surface area contributed by atoms with Gasteiger partial charge in [-0.15, -0.1) is 0 Å². The molecule has 0 aliphatic heterocycles. The fraction of sp³-hybridized carbons (Fsp3) is 0.667. The zero-order chi connectivity index (χ0) is 12.8. The fourth-order valence-electron chi connectivity index (χ4n) is 1.37. The summed E-state index contributed by atoms with van der Waals surface area (Å²) in [4.78, 5) is 8.52. The summed E-state index contributed by atoms with van der Waals surface area (Å²) in [5, 5.41) is 12.2. The van der Waals surface area contributed by atoms with Crippen LogP contribution < -0.4 is 10.1 Å². The Balaban J connectivity index is 2.81. The van der Waals surface area contributed by atoms with Gasteiger partial charge in [0.25, 0.3) is 0 Å². The van der Waals surface area contributed by atoms with E-state index in [2.05, 4.69) is 15.3 Å². The first-order valence-corrected chi connectivity index (χ1v) is 5.94. The Morgan fingerprint density at radius 3 is 2.65 bits per heavy atom. The zero-order valence-electron chi connectivity index (χ0n) is 10.9. The normalized spacial score (nSPS) is 12.6. The van der Waals surface area contributed by atoms with Crippen LogP contribution in [0.2, 0.25) is 0 Å². The van der Waals surface area contributed by atoms with E-state index in [4.69, 9.17) is 9.84 Å². The lowest BCUT2D eigenvalue weighted by Crippen LogP contribution is -2.24. The first kappa shape index (κ1) is 13.7. The van der Waals surface area contributed by atoms with E-state index < -0.39 is 0 Å². The van der Waals surface area contributed by atoms with Crippen LogP contribution in [0.1, 0.15) is 32.9 Å². The van der Waals surface area contributed by atoms with Crippen molar-refractivity contribution in [3.05, 3.63) is 11.8 Å². The van der Waals surface area contributed by atoms with Crippen LogP contribution >= 0.6 is 0 Å². The van der Waals surface area contributed by atoms with E-state index >= 15 is 0 Å². The van der Waals surface area contributed by atoms with Crippen LogP contribution in [0.4, 0.5) is 5.95 Å². The van der Waals surface area contributed by atoms with E-state index in [1.807, 2.05) is 27.7 Å². The highest BCUT2D eigenvalue weighted by Gasteiger charge is 2.09. The van der Waals surface area contributed by atoms with Crippen molar-refractivity contribution in [2.24, 2.45) is 0 Å². The van der Waals surface area contributed by atoms with Gasteiger partial charge < -0.3 is 15.2 Å². The average Bonchev–Trinajstić information content (AvgIpc) is 2.24. The smallest absolute Gasteiger partial charge is 0.226 e. The monoisotopic (exact) mass is 239 g/mol. The number of ether oxygens (including phenoxy) is 1. The standard InChI is InChI=1S/C12H21N3O2/c1-5-10(7-16)14-12-13-9(4)6-11(15-12)17-8(2)3/h6,8,10,16H,5,7H2,1-4H3,(H,13,14,15). The zero-order valence-corrected chi connectivity index (χ0v) is 10.9. The molecule has 1 unspecified atom stereocenters. The summed E-state index contributed by atoms with van der Waals surface area (Å²) in [7, 11) is 0. The second kappa shape index (κ2) is 6.39. The highest BCUT2D eigenvalue weighted by atomic mass is 16.5. The van der Waals surface area contributed by atoms with Gasteiger partial charge in [0.2, 0.25) is 11.8 Å². The van der Waals surface area contributed by atoms with Crippen molar-refractivity contribution in [2.45, 2.75) is 46.3 Å². The van der Waals surface area contributed by atoms with Crippen molar-refractivity contribution in [3.8, 4) is 5.88 Å². The summed E-state index contributed by atoms with van der Waals surface area (Å²) in [5.74, 6) is 1.06. The number of aromatic nitrogens is 2. The third-order valence-corrected chi connectivity index (χ3v) is 2.23. The van der Waals surface area contributed by atoms with Gasteiger partial charge in [-0.05, 0) is 27.2 Å². The predicted molar refractivity (Wildman–Crippen MR) is 67.3 cm³/mol. The third kappa shape index (κ3) is 4.56. The SMILES string of the molecule is CCC(CO)Nc1nc(C)cc(OC(C)C)n1. The molecule has 0 saturated heterocycles. The van der Waals surface area contributed by atoms with Crippen LogP contribution in [0.15, 0.2) is 6.07 Å². The molecular formula is C12H21N3O2. The van der Waals surface area contributed by atoms with Crippen LogP contribution in [0.25, 0.3) is 0 Å². The van der Waals surface area contributed by atoms with Gasteiger partial charge in [-0.25, -0.2) is 4.98 Å². The number of anilines is 1. The van der Waals surface area contributed by atoms with Crippen molar-refractivity contribution >= 4 is 5.95 Å². The minimum atomic E-state index is -0.0244. The molecule has 0 aliphatic carbocycles. The first-order valence-electron chi connectivity index (χ1n) is 5.94. The Hall–Kier alpha value is -1.36. The molecule has 1 heterocycles. The Morgan fingerprint density at radius 2 is 2.12 bits per heavy atom. The van der Waals surface area contributed by atoms with Gasteiger partial charge in [0.15, 0.2) is 0 Å². The maximum atomic E-state index is 9.12. The molecule has 1 atom stereocenters.